The molecule has 94 valence electrons. The molecule has 17 heavy (non-hydrogen) atoms. The van der Waals surface area contributed by atoms with E-state index in [1.807, 2.05) is 26.0 Å². The SMILES string of the molecule is CC.OCCCOc1cccc2c1B(O)OC2. The van der Waals surface area contributed by atoms with Gasteiger partial charge in [-0.15, -0.1) is 0 Å². The molecule has 0 bridgehead atoms. The van der Waals surface area contributed by atoms with Crippen molar-refractivity contribution in [2.45, 2.75) is 26.9 Å². The molecule has 0 fully saturated rings. The summed E-state index contributed by atoms with van der Waals surface area (Å²) in [6.07, 6.45) is 0.584. The molecule has 1 aliphatic rings. The summed E-state index contributed by atoms with van der Waals surface area (Å²) in [6, 6.07) is 5.58. The maximum absolute atomic E-state index is 9.57. The number of aliphatic hydroxyl groups is 1. The first kappa shape index (κ1) is 14.0. The Hall–Kier alpha value is -1.04. The van der Waals surface area contributed by atoms with Crippen LogP contribution in [0.5, 0.6) is 5.75 Å². The van der Waals surface area contributed by atoms with E-state index in [0.29, 0.717) is 25.4 Å². The van der Waals surface area contributed by atoms with E-state index in [1.54, 1.807) is 6.07 Å². The van der Waals surface area contributed by atoms with Crippen LogP contribution in [0.4, 0.5) is 0 Å². The van der Waals surface area contributed by atoms with Crippen molar-refractivity contribution in [3.8, 4) is 5.75 Å². The molecule has 5 heteroatoms. The van der Waals surface area contributed by atoms with Crippen LogP contribution in [-0.2, 0) is 11.3 Å². The summed E-state index contributed by atoms with van der Waals surface area (Å²) in [5, 5.41) is 18.2. The number of hydrogen-bond acceptors (Lipinski definition) is 4. The Labute approximate surface area is 102 Å². The minimum Gasteiger partial charge on any atom is -0.494 e. The fourth-order valence-electron chi connectivity index (χ4n) is 1.62. The summed E-state index contributed by atoms with van der Waals surface area (Å²) in [7, 11) is -0.884. The van der Waals surface area contributed by atoms with Crippen LogP contribution in [0.2, 0.25) is 0 Å². The van der Waals surface area contributed by atoms with Crippen LogP contribution in [0, 0.1) is 0 Å². The van der Waals surface area contributed by atoms with Crippen LogP contribution in [0.15, 0.2) is 18.2 Å². The Morgan fingerprint density at radius 3 is 2.88 bits per heavy atom. The van der Waals surface area contributed by atoms with Gasteiger partial charge in [0.05, 0.1) is 13.2 Å². The highest BCUT2D eigenvalue weighted by molar-refractivity contribution is 6.62. The van der Waals surface area contributed by atoms with E-state index in [2.05, 4.69) is 0 Å². The van der Waals surface area contributed by atoms with Crippen LogP contribution < -0.4 is 10.2 Å². The Bertz CT molecular complexity index is 343. The summed E-state index contributed by atoms with van der Waals surface area (Å²) >= 11 is 0. The summed E-state index contributed by atoms with van der Waals surface area (Å²) in [5.74, 6) is 0.644. The largest absolute Gasteiger partial charge is 0.495 e. The lowest BCUT2D eigenvalue weighted by Gasteiger charge is -2.09. The van der Waals surface area contributed by atoms with Crippen molar-refractivity contribution < 1.29 is 19.5 Å². The fraction of sp³-hybridized carbons (Fsp3) is 0.500. The molecular formula is C12H19BO4. The maximum Gasteiger partial charge on any atom is 0.495 e. The predicted octanol–water partition coefficient (Wildman–Crippen LogP) is 0.692. The lowest BCUT2D eigenvalue weighted by Crippen LogP contribution is -2.30. The Morgan fingerprint density at radius 2 is 2.18 bits per heavy atom. The highest BCUT2D eigenvalue weighted by atomic mass is 16.5. The summed E-state index contributed by atoms with van der Waals surface area (Å²) in [6.45, 7) is 4.97. The molecule has 1 aromatic carbocycles. The van der Waals surface area contributed by atoms with Crippen molar-refractivity contribution in [3.05, 3.63) is 23.8 Å². The zero-order chi connectivity index (χ0) is 12.7. The molecule has 0 saturated heterocycles. The van der Waals surface area contributed by atoms with Gasteiger partial charge < -0.3 is 19.5 Å². The molecule has 2 N–H and O–H groups in total. The van der Waals surface area contributed by atoms with Crippen LogP contribution in [0.3, 0.4) is 0 Å². The summed E-state index contributed by atoms with van der Waals surface area (Å²) < 4.78 is 10.6. The molecule has 1 aliphatic heterocycles. The average Bonchev–Trinajstić information content (AvgIpc) is 2.75. The van der Waals surface area contributed by atoms with Gasteiger partial charge in [-0.2, -0.15) is 0 Å². The molecule has 4 nitrogen and oxygen atoms in total. The molecule has 1 aromatic rings. The van der Waals surface area contributed by atoms with Crippen molar-refractivity contribution in [1.82, 2.24) is 0 Å². The van der Waals surface area contributed by atoms with Gasteiger partial charge in [-0.1, -0.05) is 26.0 Å². The van der Waals surface area contributed by atoms with Gasteiger partial charge in [0.25, 0.3) is 0 Å². The van der Waals surface area contributed by atoms with Gasteiger partial charge in [0.2, 0.25) is 0 Å². The molecule has 0 saturated carbocycles. The van der Waals surface area contributed by atoms with Crippen LogP contribution in [0.1, 0.15) is 25.8 Å². The van der Waals surface area contributed by atoms with Gasteiger partial charge in [-0.05, 0) is 11.6 Å². The zero-order valence-electron chi connectivity index (χ0n) is 10.3. The smallest absolute Gasteiger partial charge is 0.494 e. The van der Waals surface area contributed by atoms with E-state index in [0.717, 1.165) is 11.0 Å². The molecule has 2 rings (SSSR count). The predicted molar refractivity (Wildman–Crippen MR) is 67.4 cm³/mol. The van der Waals surface area contributed by atoms with Crippen LogP contribution in [0.25, 0.3) is 0 Å². The van der Waals surface area contributed by atoms with Crippen molar-refractivity contribution in [2.75, 3.05) is 13.2 Å². The zero-order valence-corrected chi connectivity index (χ0v) is 10.3. The quantitative estimate of drug-likeness (QED) is 0.598. The van der Waals surface area contributed by atoms with E-state index in [-0.39, 0.29) is 6.61 Å². The first-order valence-corrected chi connectivity index (χ1v) is 5.98. The molecule has 0 aliphatic carbocycles. The molecule has 0 atom stereocenters. The van der Waals surface area contributed by atoms with E-state index in [1.165, 1.54) is 0 Å². The molecule has 0 amide bonds. The van der Waals surface area contributed by atoms with Crippen molar-refractivity contribution >= 4 is 12.6 Å². The molecule has 0 spiro atoms. The molecule has 0 aromatic heterocycles. The topological polar surface area (TPSA) is 58.9 Å². The molecule has 1 heterocycles. The van der Waals surface area contributed by atoms with Crippen molar-refractivity contribution in [1.29, 1.82) is 0 Å². The van der Waals surface area contributed by atoms with Gasteiger partial charge in [0, 0.05) is 18.5 Å². The van der Waals surface area contributed by atoms with Crippen LogP contribution in [-0.4, -0.2) is 30.5 Å². The second-order valence-electron chi connectivity index (χ2n) is 3.42. The molecule has 0 radical (unpaired) electrons. The van der Waals surface area contributed by atoms with Gasteiger partial charge in [-0.25, -0.2) is 0 Å². The first-order chi connectivity index (χ1) is 8.33. The third-order valence-electron chi connectivity index (χ3n) is 2.36. The van der Waals surface area contributed by atoms with Gasteiger partial charge >= 0.3 is 7.12 Å². The number of fused-ring (bicyclic) bond motifs is 1. The Morgan fingerprint density at radius 1 is 1.41 bits per heavy atom. The van der Waals surface area contributed by atoms with E-state index in [4.69, 9.17) is 14.5 Å². The fourth-order valence-corrected chi connectivity index (χ4v) is 1.62. The van der Waals surface area contributed by atoms with E-state index >= 15 is 0 Å². The third kappa shape index (κ3) is 3.46. The van der Waals surface area contributed by atoms with E-state index < -0.39 is 7.12 Å². The van der Waals surface area contributed by atoms with Crippen LogP contribution >= 0.6 is 0 Å². The van der Waals surface area contributed by atoms with Gasteiger partial charge in [-0.3, -0.25) is 0 Å². The summed E-state index contributed by atoms with van der Waals surface area (Å²) in [4.78, 5) is 0. The monoisotopic (exact) mass is 238 g/mol. The summed E-state index contributed by atoms with van der Waals surface area (Å²) in [5.41, 5.74) is 1.68. The lowest BCUT2D eigenvalue weighted by molar-refractivity contribution is 0.234. The number of aliphatic hydroxyl groups excluding tert-OH is 1. The normalized spacial score (nSPS) is 12.8. The van der Waals surface area contributed by atoms with Gasteiger partial charge in [0.1, 0.15) is 5.75 Å². The number of benzene rings is 1. The minimum absolute atomic E-state index is 0.105. The van der Waals surface area contributed by atoms with Crippen molar-refractivity contribution in [3.63, 3.8) is 0 Å². The van der Waals surface area contributed by atoms with E-state index in [9.17, 15) is 5.02 Å². The first-order valence-electron chi connectivity index (χ1n) is 5.98. The Kier molecular flexibility index (Phi) is 6.04. The van der Waals surface area contributed by atoms with Gasteiger partial charge in [0.15, 0.2) is 0 Å². The highest BCUT2D eigenvalue weighted by Crippen LogP contribution is 2.18. The third-order valence-corrected chi connectivity index (χ3v) is 2.36. The minimum atomic E-state index is -0.884. The maximum atomic E-state index is 9.57. The standard InChI is InChI=1S/C10H13BO4.C2H6/c12-5-2-6-14-9-4-1-3-8-7-15-11(13)10(8)9;1-2/h1,3-4,12-13H,2,5-7H2;1-2H3. The second kappa shape index (κ2) is 7.32. The molecular weight excluding hydrogens is 219 g/mol. The second-order valence-corrected chi connectivity index (χ2v) is 3.42. The lowest BCUT2D eigenvalue weighted by atomic mass is 9.79. The average molecular weight is 238 g/mol. The Balaban J connectivity index is 0.000000686. The number of ether oxygens (including phenoxy) is 1. The number of rotatable bonds is 4. The van der Waals surface area contributed by atoms with Crippen molar-refractivity contribution in [2.24, 2.45) is 0 Å². The molecule has 0 unspecified atom stereocenters. The number of hydrogen-bond donors (Lipinski definition) is 2. The highest BCUT2D eigenvalue weighted by Gasteiger charge is 2.30.